The summed E-state index contributed by atoms with van der Waals surface area (Å²) in [6.07, 6.45) is 0. The van der Waals surface area contributed by atoms with Crippen LogP contribution in [0.4, 0.5) is 20.2 Å². The lowest BCUT2D eigenvalue weighted by Crippen LogP contribution is -2.35. The van der Waals surface area contributed by atoms with Crippen molar-refractivity contribution in [3.8, 4) is 0 Å². The Morgan fingerprint density at radius 2 is 1.90 bits per heavy atom. The fraction of sp³-hybridized carbons (Fsp3) is 0.400. The van der Waals surface area contributed by atoms with Crippen LogP contribution in [0.25, 0.3) is 0 Å². The third-order valence-corrected chi connectivity index (χ3v) is 2.41. The summed E-state index contributed by atoms with van der Waals surface area (Å²) in [5, 5.41) is 31.9. The minimum Gasteiger partial charge on any atom is -0.390 e. The van der Waals surface area contributed by atoms with Gasteiger partial charge in [-0.05, 0) is 6.07 Å². The fourth-order valence-electron chi connectivity index (χ4n) is 1.42. The van der Waals surface area contributed by atoms with Crippen LogP contribution in [0, 0.1) is 20.2 Å². The number of hydrogen-bond donors (Lipinski definition) is 2. The van der Waals surface area contributed by atoms with E-state index in [1.54, 1.807) is 0 Å². The van der Waals surface area contributed by atoms with Crippen LogP contribution in [0.15, 0.2) is 18.2 Å². The average molecular weight is 291 g/mol. The molecule has 0 atom stereocenters. The number of halogens is 2. The second-order valence-corrected chi connectivity index (χ2v) is 3.94. The summed E-state index contributed by atoms with van der Waals surface area (Å²) in [6, 6.07) is 2.94. The van der Waals surface area contributed by atoms with Gasteiger partial charge in [-0.15, -0.1) is 0 Å². The number of nitro groups is 2. The molecular weight excluding hydrogens is 280 g/mol. The van der Waals surface area contributed by atoms with Gasteiger partial charge in [0.15, 0.2) is 0 Å². The molecule has 1 rings (SSSR count). The number of aliphatic hydroxyl groups is 1. The fourth-order valence-corrected chi connectivity index (χ4v) is 1.42. The molecule has 0 saturated heterocycles. The number of rotatable bonds is 7. The SMILES string of the molecule is O=[N+]([O-])c1ccc(CNCC(F)(F)CO)c([N+](=O)[O-])c1. The highest BCUT2D eigenvalue weighted by atomic mass is 19.3. The summed E-state index contributed by atoms with van der Waals surface area (Å²) in [6.45, 7) is -2.48. The maximum atomic E-state index is 12.7. The Kier molecular flexibility index (Phi) is 5.00. The van der Waals surface area contributed by atoms with Crippen molar-refractivity contribution in [1.82, 2.24) is 5.32 Å². The molecule has 8 nitrogen and oxygen atoms in total. The van der Waals surface area contributed by atoms with Crippen molar-refractivity contribution < 1.29 is 23.7 Å². The second kappa shape index (κ2) is 6.30. The van der Waals surface area contributed by atoms with E-state index >= 15 is 0 Å². The van der Waals surface area contributed by atoms with Crippen molar-refractivity contribution in [2.24, 2.45) is 0 Å². The topological polar surface area (TPSA) is 119 Å². The average Bonchev–Trinajstić information content (AvgIpc) is 2.38. The van der Waals surface area contributed by atoms with Gasteiger partial charge < -0.3 is 10.4 Å². The third-order valence-electron chi connectivity index (χ3n) is 2.41. The highest BCUT2D eigenvalue weighted by Crippen LogP contribution is 2.24. The molecule has 0 bridgehead atoms. The zero-order valence-electron chi connectivity index (χ0n) is 10.1. The van der Waals surface area contributed by atoms with E-state index < -0.39 is 40.3 Å². The molecule has 0 unspecified atom stereocenters. The Bertz CT molecular complexity index is 524. The quantitative estimate of drug-likeness (QED) is 0.576. The molecule has 0 amide bonds. The summed E-state index contributed by atoms with van der Waals surface area (Å²) in [5.41, 5.74) is -0.950. The summed E-state index contributed by atoms with van der Waals surface area (Å²) in [4.78, 5) is 19.7. The van der Waals surface area contributed by atoms with Crippen LogP contribution in [0.3, 0.4) is 0 Å². The highest BCUT2D eigenvalue weighted by Gasteiger charge is 2.27. The van der Waals surface area contributed by atoms with Crippen LogP contribution in [0.1, 0.15) is 5.56 Å². The molecular formula is C10H11F2N3O5. The normalized spacial score (nSPS) is 11.3. The molecule has 0 aliphatic carbocycles. The number of non-ortho nitro benzene ring substituents is 1. The lowest BCUT2D eigenvalue weighted by atomic mass is 10.1. The van der Waals surface area contributed by atoms with E-state index in [-0.39, 0.29) is 12.1 Å². The minimum absolute atomic E-state index is 0.0364. The van der Waals surface area contributed by atoms with Crippen molar-refractivity contribution >= 4 is 11.4 Å². The van der Waals surface area contributed by atoms with Crippen molar-refractivity contribution in [2.75, 3.05) is 13.2 Å². The van der Waals surface area contributed by atoms with E-state index in [9.17, 15) is 29.0 Å². The zero-order valence-corrected chi connectivity index (χ0v) is 10.1. The number of nitrogens with zero attached hydrogens (tertiary/aromatic N) is 2. The number of alkyl halides is 2. The molecule has 2 N–H and O–H groups in total. The number of benzene rings is 1. The Labute approximate surface area is 111 Å². The molecule has 110 valence electrons. The summed E-state index contributed by atoms with van der Waals surface area (Å²) in [5.74, 6) is -3.34. The van der Waals surface area contributed by atoms with Crippen LogP contribution in [-0.2, 0) is 6.54 Å². The van der Waals surface area contributed by atoms with E-state index in [1.165, 1.54) is 0 Å². The molecule has 0 aliphatic rings. The van der Waals surface area contributed by atoms with Crippen LogP contribution >= 0.6 is 0 Å². The van der Waals surface area contributed by atoms with Gasteiger partial charge in [0.2, 0.25) is 0 Å². The Balaban J connectivity index is 2.85. The second-order valence-electron chi connectivity index (χ2n) is 3.94. The summed E-state index contributed by atoms with van der Waals surface area (Å²) < 4.78 is 25.5. The molecule has 1 aromatic carbocycles. The first-order chi connectivity index (χ1) is 9.26. The van der Waals surface area contributed by atoms with Gasteiger partial charge in [0.05, 0.1) is 22.5 Å². The van der Waals surface area contributed by atoms with Crippen molar-refractivity contribution in [3.05, 3.63) is 44.0 Å². The minimum atomic E-state index is -3.34. The first-order valence-electron chi connectivity index (χ1n) is 5.38. The maximum Gasteiger partial charge on any atom is 0.282 e. The van der Waals surface area contributed by atoms with E-state index in [0.29, 0.717) is 0 Å². The Hall–Kier alpha value is -2.20. The van der Waals surface area contributed by atoms with E-state index in [2.05, 4.69) is 5.32 Å². The van der Waals surface area contributed by atoms with Crippen LogP contribution in [0.2, 0.25) is 0 Å². The van der Waals surface area contributed by atoms with Gasteiger partial charge in [-0.25, -0.2) is 8.78 Å². The third kappa shape index (κ3) is 4.17. The molecule has 0 radical (unpaired) electrons. The summed E-state index contributed by atoms with van der Waals surface area (Å²) >= 11 is 0. The number of hydrogen-bond acceptors (Lipinski definition) is 6. The van der Waals surface area contributed by atoms with Crippen molar-refractivity contribution in [2.45, 2.75) is 12.5 Å². The molecule has 0 aromatic heterocycles. The molecule has 20 heavy (non-hydrogen) atoms. The number of aliphatic hydroxyl groups excluding tert-OH is 1. The van der Waals surface area contributed by atoms with E-state index in [0.717, 1.165) is 18.2 Å². The van der Waals surface area contributed by atoms with Gasteiger partial charge in [-0.3, -0.25) is 20.2 Å². The van der Waals surface area contributed by atoms with E-state index in [1.807, 2.05) is 0 Å². The number of nitrogens with one attached hydrogen (secondary N) is 1. The predicted molar refractivity (Wildman–Crippen MR) is 63.5 cm³/mol. The van der Waals surface area contributed by atoms with Gasteiger partial charge in [-0.1, -0.05) is 0 Å². The molecule has 0 heterocycles. The van der Waals surface area contributed by atoms with Gasteiger partial charge in [0, 0.05) is 18.2 Å². The van der Waals surface area contributed by atoms with Gasteiger partial charge in [-0.2, -0.15) is 0 Å². The predicted octanol–water partition coefficient (Wildman–Crippen LogP) is 1.22. The molecule has 0 aliphatic heterocycles. The molecule has 0 saturated carbocycles. The largest absolute Gasteiger partial charge is 0.390 e. The zero-order chi connectivity index (χ0) is 15.3. The summed E-state index contributed by atoms with van der Waals surface area (Å²) in [7, 11) is 0. The first-order valence-corrected chi connectivity index (χ1v) is 5.38. The van der Waals surface area contributed by atoms with Gasteiger partial charge in [0.1, 0.15) is 6.61 Å². The lowest BCUT2D eigenvalue weighted by Gasteiger charge is -2.13. The van der Waals surface area contributed by atoms with Crippen molar-refractivity contribution in [3.63, 3.8) is 0 Å². The molecule has 0 fully saturated rings. The monoisotopic (exact) mass is 291 g/mol. The number of nitro benzene ring substituents is 2. The maximum absolute atomic E-state index is 12.7. The first kappa shape index (κ1) is 15.9. The van der Waals surface area contributed by atoms with Crippen LogP contribution in [-0.4, -0.2) is 34.0 Å². The molecule has 10 heteroatoms. The smallest absolute Gasteiger partial charge is 0.282 e. The van der Waals surface area contributed by atoms with Gasteiger partial charge >= 0.3 is 0 Å². The standard InChI is InChI=1S/C10H11F2N3O5/c11-10(12,6-16)5-13-4-7-1-2-8(14(17)18)3-9(7)15(19)20/h1-3,13,16H,4-6H2. The highest BCUT2D eigenvalue weighted by molar-refractivity contribution is 5.49. The van der Waals surface area contributed by atoms with Gasteiger partial charge in [0.25, 0.3) is 17.3 Å². The lowest BCUT2D eigenvalue weighted by molar-refractivity contribution is -0.394. The molecule has 1 aromatic rings. The Morgan fingerprint density at radius 3 is 2.40 bits per heavy atom. The molecule has 0 spiro atoms. The van der Waals surface area contributed by atoms with E-state index in [4.69, 9.17) is 5.11 Å². The Morgan fingerprint density at radius 1 is 1.25 bits per heavy atom. The van der Waals surface area contributed by atoms with Crippen molar-refractivity contribution in [1.29, 1.82) is 0 Å². The van der Waals surface area contributed by atoms with Crippen LogP contribution in [0.5, 0.6) is 0 Å². The van der Waals surface area contributed by atoms with Crippen LogP contribution < -0.4 is 5.32 Å².